The highest BCUT2D eigenvalue weighted by atomic mass is 16.1. The highest BCUT2D eigenvalue weighted by molar-refractivity contribution is 6.08. The fourth-order valence-corrected chi connectivity index (χ4v) is 2.74. The van der Waals surface area contributed by atoms with Crippen LogP contribution in [0.25, 0.3) is 0 Å². The molecule has 2 heteroatoms. The summed E-state index contributed by atoms with van der Waals surface area (Å²) in [5, 5.41) is 0. The van der Waals surface area contributed by atoms with E-state index in [1.54, 1.807) is 0 Å². The van der Waals surface area contributed by atoms with Gasteiger partial charge in [0, 0.05) is 23.1 Å². The van der Waals surface area contributed by atoms with Crippen molar-refractivity contribution in [2.45, 2.75) is 12.8 Å². The molecule has 0 heterocycles. The van der Waals surface area contributed by atoms with Gasteiger partial charge in [-0.25, -0.2) is 0 Å². The maximum Gasteiger partial charge on any atom is 0.193 e. The third kappa shape index (κ3) is 3.66. The van der Waals surface area contributed by atoms with E-state index < -0.39 is 0 Å². The van der Waals surface area contributed by atoms with Crippen LogP contribution in [0.4, 0.5) is 0 Å². The second-order valence-corrected chi connectivity index (χ2v) is 5.64. The van der Waals surface area contributed by atoms with E-state index in [0.29, 0.717) is 12.2 Å². The van der Waals surface area contributed by atoms with Gasteiger partial charge < -0.3 is 0 Å². The molecule has 0 bridgehead atoms. The van der Waals surface area contributed by atoms with Crippen molar-refractivity contribution in [3.63, 3.8) is 0 Å². The third-order valence-corrected chi connectivity index (χ3v) is 4.01. The van der Waals surface area contributed by atoms with Gasteiger partial charge >= 0.3 is 0 Å². The Morgan fingerprint density at radius 3 is 1.67 bits per heavy atom. The highest BCUT2D eigenvalue weighted by Crippen LogP contribution is 2.20. The zero-order chi connectivity index (χ0) is 16.8. The van der Waals surface area contributed by atoms with Crippen molar-refractivity contribution < 1.29 is 9.59 Å². The van der Waals surface area contributed by atoms with Crippen LogP contribution in [0, 0.1) is 0 Å². The lowest BCUT2D eigenvalue weighted by molar-refractivity contribution is 0.0993. The number of aryl methyl sites for hydroxylation is 1. The molecule has 118 valence electrons. The van der Waals surface area contributed by atoms with Gasteiger partial charge in [-0.3, -0.25) is 9.59 Å². The molecule has 0 aliphatic heterocycles. The molecular formula is C22H18O2. The minimum Gasteiger partial charge on any atom is -0.294 e. The molecule has 0 spiro atoms. The average molecular weight is 314 g/mol. The Hall–Kier alpha value is -3.00. The summed E-state index contributed by atoms with van der Waals surface area (Å²) in [5.41, 5.74) is 3.62. The van der Waals surface area contributed by atoms with Crippen molar-refractivity contribution in [3.8, 4) is 0 Å². The minimum absolute atomic E-state index is 0.0752. The van der Waals surface area contributed by atoms with Crippen molar-refractivity contribution in [2.75, 3.05) is 0 Å². The molecule has 0 N–H and O–H groups in total. The second kappa shape index (κ2) is 7.51. The number of benzene rings is 3. The number of carbonyl (C=O) groups is 2. The Labute approximate surface area is 141 Å². The van der Waals surface area contributed by atoms with Crippen molar-refractivity contribution >= 4 is 11.6 Å². The normalized spacial score (nSPS) is 12.1. The van der Waals surface area contributed by atoms with Crippen LogP contribution in [-0.2, 0) is 6.42 Å². The smallest absolute Gasteiger partial charge is 0.193 e. The van der Waals surface area contributed by atoms with Gasteiger partial charge in [0.1, 0.15) is 0 Å². The number of carbonyl (C=O) groups excluding carboxylic acids is 2. The quantitative estimate of drug-likeness (QED) is 0.641. The molecule has 0 unspecified atom stereocenters. The van der Waals surface area contributed by atoms with Crippen molar-refractivity contribution in [1.29, 1.82) is 0 Å². The van der Waals surface area contributed by atoms with Gasteiger partial charge in [-0.05, 0) is 12.0 Å². The Morgan fingerprint density at radius 2 is 1.12 bits per heavy atom. The van der Waals surface area contributed by atoms with E-state index in [1.807, 2.05) is 84.9 Å². The van der Waals surface area contributed by atoms with Crippen LogP contribution < -0.4 is 0 Å². The van der Waals surface area contributed by atoms with Crippen molar-refractivity contribution in [3.05, 3.63) is 107 Å². The molecule has 0 atom stereocenters. The standard InChI is InChI=1S/C13H10O.C9H8O/c14-13(11-7-3-1-4-8-11)12-9-5-2-6-10-12;10-9-6-5-7-3-1-2-4-8(7)9/h1-10H;1-4H,5-6H2. The Bertz CT molecular complexity index is 795. The van der Waals surface area contributed by atoms with Crippen LogP contribution >= 0.6 is 0 Å². The Kier molecular flexibility index (Phi) is 4.97. The third-order valence-electron chi connectivity index (χ3n) is 4.01. The Morgan fingerprint density at radius 1 is 0.625 bits per heavy atom. The first-order valence-electron chi connectivity index (χ1n) is 8.01. The lowest BCUT2D eigenvalue weighted by Crippen LogP contribution is -1.99. The maximum atomic E-state index is 11.8. The molecule has 1 aliphatic rings. The summed E-state index contributed by atoms with van der Waals surface area (Å²) in [6, 6.07) is 26.4. The molecular weight excluding hydrogens is 296 g/mol. The van der Waals surface area contributed by atoms with Crippen molar-refractivity contribution in [1.82, 2.24) is 0 Å². The fraction of sp³-hybridized carbons (Fsp3) is 0.0909. The number of fused-ring (bicyclic) bond motifs is 1. The molecule has 0 saturated carbocycles. The lowest BCUT2D eigenvalue weighted by Gasteiger charge is -1.99. The Balaban J connectivity index is 0.000000149. The van der Waals surface area contributed by atoms with Gasteiger partial charge in [0.05, 0.1) is 0 Å². The van der Waals surface area contributed by atoms with Gasteiger partial charge in [-0.15, -0.1) is 0 Å². The summed E-state index contributed by atoms with van der Waals surface area (Å²) in [7, 11) is 0. The van der Waals surface area contributed by atoms with Crippen LogP contribution in [0.3, 0.4) is 0 Å². The van der Waals surface area contributed by atoms with Crippen LogP contribution in [-0.4, -0.2) is 11.6 Å². The van der Waals surface area contributed by atoms with Gasteiger partial charge in [0.15, 0.2) is 11.6 Å². The topological polar surface area (TPSA) is 34.1 Å². The summed E-state index contributed by atoms with van der Waals surface area (Å²) >= 11 is 0. The molecule has 2 nitrogen and oxygen atoms in total. The molecule has 4 rings (SSSR count). The zero-order valence-electron chi connectivity index (χ0n) is 13.3. The van der Waals surface area contributed by atoms with Crippen LogP contribution in [0.2, 0.25) is 0 Å². The minimum atomic E-state index is 0.0752. The van der Waals surface area contributed by atoms with Gasteiger partial charge in [-0.1, -0.05) is 84.9 Å². The number of Topliss-reactive ketones (excluding diaryl/α,β-unsaturated/α-hetero) is 1. The zero-order valence-corrected chi connectivity index (χ0v) is 13.3. The lowest BCUT2D eigenvalue weighted by atomic mass is 10.0. The molecule has 0 aromatic heterocycles. The van der Waals surface area contributed by atoms with Gasteiger partial charge in [0.25, 0.3) is 0 Å². The first-order chi connectivity index (χ1) is 11.8. The van der Waals surface area contributed by atoms with Crippen LogP contribution in [0.5, 0.6) is 0 Å². The monoisotopic (exact) mass is 314 g/mol. The number of hydrogen-bond donors (Lipinski definition) is 0. The first-order valence-corrected chi connectivity index (χ1v) is 8.01. The summed E-state index contributed by atoms with van der Waals surface area (Å²) in [5.74, 6) is 0.377. The largest absolute Gasteiger partial charge is 0.294 e. The molecule has 1 aliphatic carbocycles. The van der Waals surface area contributed by atoms with E-state index in [2.05, 4.69) is 0 Å². The molecule has 0 amide bonds. The van der Waals surface area contributed by atoms with E-state index in [9.17, 15) is 9.59 Å². The summed E-state index contributed by atoms with van der Waals surface area (Å²) < 4.78 is 0. The van der Waals surface area contributed by atoms with Gasteiger partial charge in [0.2, 0.25) is 0 Å². The summed E-state index contributed by atoms with van der Waals surface area (Å²) in [6.45, 7) is 0. The summed E-state index contributed by atoms with van der Waals surface area (Å²) in [4.78, 5) is 22.9. The summed E-state index contributed by atoms with van der Waals surface area (Å²) in [6.07, 6.45) is 1.65. The molecule has 0 radical (unpaired) electrons. The highest BCUT2D eigenvalue weighted by Gasteiger charge is 2.17. The molecule has 0 saturated heterocycles. The van der Waals surface area contributed by atoms with E-state index in [0.717, 1.165) is 23.1 Å². The van der Waals surface area contributed by atoms with E-state index >= 15 is 0 Å². The SMILES string of the molecule is O=C(c1ccccc1)c1ccccc1.O=C1CCc2ccccc21. The van der Waals surface area contributed by atoms with Crippen molar-refractivity contribution in [2.24, 2.45) is 0 Å². The predicted octanol–water partition coefficient (Wildman–Crippen LogP) is 4.73. The molecule has 0 fully saturated rings. The molecule has 24 heavy (non-hydrogen) atoms. The molecule has 3 aromatic carbocycles. The van der Waals surface area contributed by atoms with Crippen LogP contribution in [0.1, 0.15) is 38.3 Å². The van der Waals surface area contributed by atoms with E-state index in [4.69, 9.17) is 0 Å². The number of ketones is 2. The number of rotatable bonds is 2. The van der Waals surface area contributed by atoms with Gasteiger partial charge in [-0.2, -0.15) is 0 Å². The number of hydrogen-bond acceptors (Lipinski definition) is 2. The van der Waals surface area contributed by atoms with E-state index in [1.165, 1.54) is 5.56 Å². The fourth-order valence-electron chi connectivity index (χ4n) is 2.74. The van der Waals surface area contributed by atoms with Crippen LogP contribution in [0.15, 0.2) is 84.9 Å². The average Bonchev–Trinajstić information content (AvgIpc) is 3.05. The second-order valence-electron chi connectivity index (χ2n) is 5.64. The first kappa shape index (κ1) is 15.9. The predicted molar refractivity (Wildman–Crippen MR) is 95.4 cm³/mol. The maximum absolute atomic E-state index is 11.8. The molecule has 3 aromatic rings. The van der Waals surface area contributed by atoms with E-state index in [-0.39, 0.29) is 5.78 Å².